The van der Waals surface area contributed by atoms with Gasteiger partial charge in [0.1, 0.15) is 17.9 Å². The topological polar surface area (TPSA) is 123 Å². The lowest BCUT2D eigenvalue weighted by Crippen LogP contribution is -2.27. The van der Waals surface area contributed by atoms with Crippen LogP contribution < -0.4 is 15.2 Å². The number of hydrogen-bond acceptors (Lipinski definition) is 6. The fourth-order valence-electron chi connectivity index (χ4n) is 1.66. The SMILES string of the molecule is COc1ccc(S(=O)(=O)NC(C)c2ncn[nH]2)cc1N. The third-order valence-electron chi connectivity index (χ3n) is 2.69. The number of methoxy groups -OCH3 is 1. The lowest BCUT2D eigenvalue weighted by atomic mass is 10.3. The number of ether oxygens (including phenoxy) is 1. The van der Waals surface area contributed by atoms with Gasteiger partial charge in [0, 0.05) is 0 Å². The largest absolute Gasteiger partial charge is 0.495 e. The average molecular weight is 297 g/mol. The molecule has 1 aromatic carbocycles. The third-order valence-corrected chi connectivity index (χ3v) is 4.23. The minimum Gasteiger partial charge on any atom is -0.495 e. The predicted molar refractivity (Wildman–Crippen MR) is 72.5 cm³/mol. The van der Waals surface area contributed by atoms with E-state index in [4.69, 9.17) is 10.5 Å². The van der Waals surface area contributed by atoms with Crippen molar-refractivity contribution < 1.29 is 13.2 Å². The number of rotatable bonds is 5. The summed E-state index contributed by atoms with van der Waals surface area (Å²) in [4.78, 5) is 3.96. The molecule has 0 spiro atoms. The first-order valence-corrected chi connectivity index (χ1v) is 7.23. The summed E-state index contributed by atoms with van der Waals surface area (Å²) in [5, 5.41) is 6.28. The molecule has 0 saturated carbocycles. The molecule has 9 heteroatoms. The molecule has 1 unspecified atom stereocenters. The van der Waals surface area contributed by atoms with Gasteiger partial charge in [-0.3, -0.25) is 5.10 Å². The van der Waals surface area contributed by atoms with Crippen molar-refractivity contribution in [1.82, 2.24) is 19.9 Å². The van der Waals surface area contributed by atoms with Gasteiger partial charge >= 0.3 is 0 Å². The van der Waals surface area contributed by atoms with Gasteiger partial charge in [-0.15, -0.1) is 0 Å². The molecule has 0 bridgehead atoms. The van der Waals surface area contributed by atoms with Crippen molar-refractivity contribution in [2.24, 2.45) is 0 Å². The molecule has 0 fully saturated rings. The smallest absolute Gasteiger partial charge is 0.241 e. The van der Waals surface area contributed by atoms with Gasteiger partial charge in [0.15, 0.2) is 0 Å². The maximum absolute atomic E-state index is 12.2. The highest BCUT2D eigenvalue weighted by Gasteiger charge is 2.20. The number of benzene rings is 1. The van der Waals surface area contributed by atoms with Crippen LogP contribution in [0.2, 0.25) is 0 Å². The lowest BCUT2D eigenvalue weighted by molar-refractivity contribution is 0.416. The first-order chi connectivity index (χ1) is 9.44. The van der Waals surface area contributed by atoms with E-state index in [1.54, 1.807) is 6.92 Å². The monoisotopic (exact) mass is 297 g/mol. The zero-order valence-corrected chi connectivity index (χ0v) is 11.8. The molecule has 8 nitrogen and oxygen atoms in total. The van der Waals surface area contributed by atoms with Crippen LogP contribution in [0.1, 0.15) is 18.8 Å². The molecule has 0 aliphatic carbocycles. The van der Waals surface area contributed by atoms with Crippen LogP contribution in [0.15, 0.2) is 29.4 Å². The van der Waals surface area contributed by atoms with Gasteiger partial charge in [-0.1, -0.05) is 0 Å². The second-order valence-electron chi connectivity index (χ2n) is 4.12. The number of H-pyrrole nitrogens is 1. The molecule has 20 heavy (non-hydrogen) atoms. The maximum Gasteiger partial charge on any atom is 0.241 e. The highest BCUT2D eigenvalue weighted by Crippen LogP contribution is 2.25. The van der Waals surface area contributed by atoms with Crippen LogP contribution in [0.4, 0.5) is 5.69 Å². The first kappa shape index (κ1) is 14.3. The summed E-state index contributed by atoms with van der Waals surface area (Å²) in [7, 11) is -2.24. The number of nitrogen functional groups attached to an aromatic ring is 1. The Morgan fingerprint density at radius 2 is 2.20 bits per heavy atom. The van der Waals surface area contributed by atoms with E-state index in [1.807, 2.05) is 0 Å². The summed E-state index contributed by atoms with van der Waals surface area (Å²) in [6, 6.07) is 3.73. The van der Waals surface area contributed by atoms with Crippen LogP contribution in [-0.4, -0.2) is 30.7 Å². The van der Waals surface area contributed by atoms with Crippen LogP contribution >= 0.6 is 0 Å². The zero-order chi connectivity index (χ0) is 14.8. The summed E-state index contributed by atoms with van der Waals surface area (Å²) in [5.74, 6) is 0.849. The van der Waals surface area contributed by atoms with Crippen molar-refractivity contribution in [3.8, 4) is 5.75 Å². The van der Waals surface area contributed by atoms with E-state index in [0.29, 0.717) is 11.6 Å². The minimum atomic E-state index is -3.71. The Morgan fingerprint density at radius 3 is 2.75 bits per heavy atom. The Morgan fingerprint density at radius 1 is 1.45 bits per heavy atom. The number of hydrogen-bond donors (Lipinski definition) is 3. The molecular formula is C11H15N5O3S. The molecule has 2 aromatic rings. The van der Waals surface area contributed by atoms with Gasteiger partial charge in [0.05, 0.1) is 23.7 Å². The third kappa shape index (κ3) is 2.89. The van der Waals surface area contributed by atoms with Crippen LogP contribution in [0.5, 0.6) is 5.75 Å². The zero-order valence-electron chi connectivity index (χ0n) is 11.0. The molecule has 0 radical (unpaired) electrons. The van der Waals surface area contributed by atoms with Crippen LogP contribution in [0.25, 0.3) is 0 Å². The van der Waals surface area contributed by atoms with Gasteiger partial charge in [-0.25, -0.2) is 18.1 Å². The summed E-state index contributed by atoms with van der Waals surface area (Å²) in [6.07, 6.45) is 1.31. The predicted octanol–water partition coefficient (Wildman–Crippen LogP) is 0.435. The average Bonchev–Trinajstić information content (AvgIpc) is 2.92. The van der Waals surface area contributed by atoms with E-state index in [2.05, 4.69) is 19.9 Å². The number of aromatic nitrogens is 3. The van der Waals surface area contributed by atoms with E-state index in [9.17, 15) is 8.42 Å². The van der Waals surface area contributed by atoms with E-state index in [0.717, 1.165) is 0 Å². The quantitative estimate of drug-likeness (QED) is 0.688. The molecule has 0 amide bonds. The highest BCUT2D eigenvalue weighted by atomic mass is 32.2. The van der Waals surface area contributed by atoms with E-state index < -0.39 is 16.1 Å². The van der Waals surface area contributed by atoms with Crippen LogP contribution in [-0.2, 0) is 10.0 Å². The summed E-state index contributed by atoms with van der Waals surface area (Å²) < 4.78 is 31.9. The Bertz CT molecular complexity index is 684. The molecule has 1 aromatic heterocycles. The standard InChI is InChI=1S/C11H15N5O3S/c1-7(11-13-6-14-15-11)16-20(17,18)8-3-4-10(19-2)9(12)5-8/h3-7,16H,12H2,1-2H3,(H,13,14,15). The molecule has 0 saturated heterocycles. The maximum atomic E-state index is 12.2. The van der Waals surface area contributed by atoms with Crippen LogP contribution in [0.3, 0.4) is 0 Å². The molecule has 1 atom stereocenters. The molecule has 1 heterocycles. The first-order valence-electron chi connectivity index (χ1n) is 5.75. The molecule has 108 valence electrons. The Hall–Kier alpha value is -2.13. The normalized spacial score (nSPS) is 13.1. The fourth-order valence-corrected chi connectivity index (χ4v) is 2.90. The van der Waals surface area contributed by atoms with Crippen molar-refractivity contribution in [3.05, 3.63) is 30.4 Å². The lowest BCUT2D eigenvalue weighted by Gasteiger charge is -2.13. The molecule has 0 aliphatic rings. The molecule has 4 N–H and O–H groups in total. The van der Waals surface area contributed by atoms with Crippen molar-refractivity contribution in [1.29, 1.82) is 0 Å². The van der Waals surface area contributed by atoms with Gasteiger partial charge in [-0.05, 0) is 25.1 Å². The Kier molecular flexibility index (Phi) is 3.91. The van der Waals surface area contributed by atoms with Crippen molar-refractivity contribution in [2.45, 2.75) is 17.9 Å². The highest BCUT2D eigenvalue weighted by molar-refractivity contribution is 7.89. The molecule has 0 aliphatic heterocycles. The Balaban J connectivity index is 2.24. The van der Waals surface area contributed by atoms with Crippen LogP contribution in [0, 0.1) is 0 Å². The second kappa shape index (κ2) is 5.47. The van der Waals surface area contributed by atoms with Gasteiger partial charge in [0.25, 0.3) is 0 Å². The number of nitrogens with zero attached hydrogens (tertiary/aromatic N) is 2. The number of nitrogens with two attached hydrogens (primary N) is 1. The number of nitrogens with one attached hydrogen (secondary N) is 2. The van der Waals surface area contributed by atoms with Gasteiger partial charge < -0.3 is 10.5 Å². The van der Waals surface area contributed by atoms with E-state index in [1.165, 1.54) is 31.6 Å². The Labute approximate surface area is 116 Å². The van der Waals surface area contributed by atoms with Gasteiger partial charge in [-0.2, -0.15) is 5.10 Å². The summed E-state index contributed by atoms with van der Waals surface area (Å²) >= 11 is 0. The minimum absolute atomic E-state index is 0.0576. The van der Waals surface area contributed by atoms with Crippen molar-refractivity contribution >= 4 is 15.7 Å². The van der Waals surface area contributed by atoms with Gasteiger partial charge in [0.2, 0.25) is 10.0 Å². The molecule has 2 rings (SSSR count). The number of sulfonamides is 1. The summed E-state index contributed by atoms with van der Waals surface area (Å²) in [6.45, 7) is 1.66. The van der Waals surface area contributed by atoms with E-state index >= 15 is 0 Å². The summed E-state index contributed by atoms with van der Waals surface area (Å²) in [5.41, 5.74) is 5.96. The fraction of sp³-hybridized carbons (Fsp3) is 0.273. The van der Waals surface area contributed by atoms with Crippen molar-refractivity contribution in [3.63, 3.8) is 0 Å². The number of aromatic amines is 1. The number of anilines is 1. The van der Waals surface area contributed by atoms with Crippen molar-refractivity contribution in [2.75, 3.05) is 12.8 Å². The second-order valence-corrected chi connectivity index (χ2v) is 5.83. The molecular weight excluding hydrogens is 282 g/mol. The van der Waals surface area contributed by atoms with E-state index in [-0.39, 0.29) is 10.6 Å².